The van der Waals surface area contributed by atoms with E-state index in [-0.39, 0.29) is 11.3 Å². The minimum atomic E-state index is -1.11. The summed E-state index contributed by atoms with van der Waals surface area (Å²) in [6.07, 6.45) is 0. The minimum Gasteiger partial charge on any atom is -0.493 e. The second-order valence-electron chi connectivity index (χ2n) is 3.24. The highest BCUT2D eigenvalue weighted by molar-refractivity contribution is 5.94. The van der Waals surface area contributed by atoms with Gasteiger partial charge in [0.05, 0.1) is 25.0 Å². The van der Waals surface area contributed by atoms with E-state index in [4.69, 9.17) is 25.1 Å². The maximum absolute atomic E-state index is 10.9. The Morgan fingerprint density at radius 3 is 2.53 bits per heavy atom. The van der Waals surface area contributed by atoms with Gasteiger partial charge in [-0.25, -0.2) is 4.79 Å². The Kier molecular flexibility index (Phi) is 4.59. The summed E-state index contributed by atoms with van der Waals surface area (Å²) >= 11 is 0. The first kappa shape index (κ1) is 13.1. The van der Waals surface area contributed by atoms with E-state index in [2.05, 4.69) is 0 Å². The number of hydrogen-bond acceptors (Lipinski definition) is 5. The van der Waals surface area contributed by atoms with Crippen molar-refractivity contribution in [2.75, 3.05) is 33.2 Å². The summed E-state index contributed by atoms with van der Waals surface area (Å²) in [5.74, 6) is -0.385. The monoisotopic (exact) mass is 241 g/mol. The van der Waals surface area contributed by atoms with Crippen molar-refractivity contribution in [1.29, 1.82) is 0 Å². The van der Waals surface area contributed by atoms with E-state index in [0.717, 1.165) is 0 Å². The first-order chi connectivity index (χ1) is 8.10. The highest BCUT2D eigenvalue weighted by Gasteiger charge is 2.14. The third-order valence-corrected chi connectivity index (χ3v) is 2.11. The zero-order valence-electron chi connectivity index (χ0n) is 9.73. The molecule has 6 heteroatoms. The first-order valence-corrected chi connectivity index (χ1v) is 4.92. The van der Waals surface area contributed by atoms with Crippen LogP contribution in [0.3, 0.4) is 0 Å². The van der Waals surface area contributed by atoms with Gasteiger partial charge in [-0.15, -0.1) is 0 Å². The molecule has 0 unspecified atom stereocenters. The number of nitrogens with two attached hydrogens (primary N) is 1. The molecule has 0 aliphatic rings. The molecule has 0 heterocycles. The van der Waals surface area contributed by atoms with E-state index < -0.39 is 5.97 Å². The van der Waals surface area contributed by atoms with E-state index in [1.165, 1.54) is 19.2 Å². The van der Waals surface area contributed by atoms with Crippen molar-refractivity contribution in [2.45, 2.75) is 0 Å². The van der Waals surface area contributed by atoms with Gasteiger partial charge in [0.15, 0.2) is 11.5 Å². The van der Waals surface area contributed by atoms with Gasteiger partial charge in [0.25, 0.3) is 0 Å². The molecule has 0 aromatic heterocycles. The smallest absolute Gasteiger partial charge is 0.337 e. The van der Waals surface area contributed by atoms with Crippen LogP contribution in [0.25, 0.3) is 0 Å². The van der Waals surface area contributed by atoms with Gasteiger partial charge in [-0.1, -0.05) is 0 Å². The Morgan fingerprint density at radius 2 is 2.00 bits per heavy atom. The summed E-state index contributed by atoms with van der Waals surface area (Å²) in [6.45, 7) is 0.752. The molecule has 0 radical (unpaired) electrons. The number of hydrogen-bond donors (Lipinski definition) is 2. The third-order valence-electron chi connectivity index (χ3n) is 2.11. The van der Waals surface area contributed by atoms with E-state index in [1.807, 2.05) is 0 Å². The molecule has 3 N–H and O–H groups in total. The molecule has 1 aromatic carbocycles. The number of ether oxygens (including phenoxy) is 3. The van der Waals surface area contributed by atoms with Gasteiger partial charge >= 0.3 is 5.97 Å². The molecule has 0 saturated heterocycles. The molecular formula is C11H15NO5. The molecule has 0 atom stereocenters. The zero-order valence-corrected chi connectivity index (χ0v) is 9.73. The van der Waals surface area contributed by atoms with Crippen LogP contribution >= 0.6 is 0 Å². The molecule has 0 aliphatic heterocycles. The summed E-state index contributed by atoms with van der Waals surface area (Å²) in [5, 5.41) is 8.89. The number of rotatable bonds is 6. The number of methoxy groups -OCH3 is 2. The van der Waals surface area contributed by atoms with Gasteiger partial charge in [-0.3, -0.25) is 0 Å². The quantitative estimate of drug-likeness (QED) is 0.570. The minimum absolute atomic E-state index is 0.0130. The maximum Gasteiger partial charge on any atom is 0.337 e. The van der Waals surface area contributed by atoms with Crippen molar-refractivity contribution in [3.63, 3.8) is 0 Å². The number of carboxylic acids is 1. The lowest BCUT2D eigenvalue weighted by Gasteiger charge is -2.12. The number of nitrogen functional groups attached to an aromatic ring is 1. The fourth-order valence-corrected chi connectivity index (χ4v) is 1.27. The molecule has 0 saturated carbocycles. The summed E-state index contributed by atoms with van der Waals surface area (Å²) in [6, 6.07) is 2.76. The fraction of sp³-hybridized carbons (Fsp3) is 0.364. The molecule has 0 aliphatic carbocycles. The average molecular weight is 241 g/mol. The van der Waals surface area contributed by atoms with Crippen LogP contribution in [0.1, 0.15) is 10.4 Å². The van der Waals surface area contributed by atoms with E-state index >= 15 is 0 Å². The SMILES string of the molecule is COCCOc1cc(N)c(C(=O)O)cc1OC. The Hall–Kier alpha value is -1.95. The predicted octanol–water partition coefficient (Wildman–Crippen LogP) is 1.00. The zero-order chi connectivity index (χ0) is 12.8. The number of aromatic carboxylic acids is 1. The van der Waals surface area contributed by atoms with Gasteiger partial charge < -0.3 is 25.1 Å². The third kappa shape index (κ3) is 3.25. The number of benzene rings is 1. The van der Waals surface area contributed by atoms with Crippen LogP contribution < -0.4 is 15.2 Å². The molecule has 0 bridgehead atoms. The number of carbonyl (C=O) groups is 1. The summed E-state index contributed by atoms with van der Waals surface area (Å²) < 4.78 is 15.2. The van der Waals surface area contributed by atoms with Gasteiger partial charge in [0.1, 0.15) is 6.61 Å². The molecule has 0 fully saturated rings. The summed E-state index contributed by atoms with van der Waals surface area (Å²) in [7, 11) is 2.99. The average Bonchev–Trinajstić information content (AvgIpc) is 2.29. The highest BCUT2D eigenvalue weighted by Crippen LogP contribution is 2.32. The van der Waals surface area contributed by atoms with E-state index in [0.29, 0.717) is 24.7 Å². The van der Waals surface area contributed by atoms with Crippen LogP contribution in [0.4, 0.5) is 5.69 Å². The van der Waals surface area contributed by atoms with Crippen LogP contribution in [0.15, 0.2) is 12.1 Å². The molecule has 17 heavy (non-hydrogen) atoms. The van der Waals surface area contributed by atoms with Gasteiger partial charge in [0, 0.05) is 19.2 Å². The summed E-state index contributed by atoms with van der Waals surface area (Å²) in [5.41, 5.74) is 5.72. The van der Waals surface area contributed by atoms with E-state index in [9.17, 15) is 4.79 Å². The van der Waals surface area contributed by atoms with Gasteiger partial charge in [-0.2, -0.15) is 0 Å². The van der Waals surface area contributed by atoms with Crippen molar-refractivity contribution >= 4 is 11.7 Å². The van der Waals surface area contributed by atoms with Gasteiger partial charge in [-0.05, 0) is 0 Å². The van der Waals surface area contributed by atoms with Crippen LogP contribution in [-0.4, -0.2) is 38.5 Å². The van der Waals surface area contributed by atoms with Crippen molar-refractivity contribution in [3.8, 4) is 11.5 Å². The lowest BCUT2D eigenvalue weighted by atomic mass is 10.1. The second-order valence-corrected chi connectivity index (χ2v) is 3.24. The fourth-order valence-electron chi connectivity index (χ4n) is 1.27. The molecule has 1 aromatic rings. The topological polar surface area (TPSA) is 91.0 Å². The normalized spacial score (nSPS) is 10.0. The first-order valence-electron chi connectivity index (χ1n) is 4.92. The number of anilines is 1. The lowest BCUT2D eigenvalue weighted by Crippen LogP contribution is -2.08. The predicted molar refractivity (Wildman–Crippen MR) is 61.7 cm³/mol. The summed E-state index contributed by atoms with van der Waals surface area (Å²) in [4.78, 5) is 10.9. The Balaban J connectivity index is 2.97. The van der Waals surface area contributed by atoms with Crippen LogP contribution in [0, 0.1) is 0 Å². The second kappa shape index (κ2) is 5.95. The Morgan fingerprint density at radius 1 is 1.29 bits per heavy atom. The molecular weight excluding hydrogens is 226 g/mol. The highest BCUT2D eigenvalue weighted by atomic mass is 16.5. The molecule has 0 amide bonds. The van der Waals surface area contributed by atoms with E-state index in [1.54, 1.807) is 7.11 Å². The van der Waals surface area contributed by atoms with Crippen molar-refractivity contribution < 1.29 is 24.1 Å². The molecule has 1 rings (SSSR count). The maximum atomic E-state index is 10.9. The lowest BCUT2D eigenvalue weighted by molar-refractivity contribution is 0.0697. The van der Waals surface area contributed by atoms with Crippen molar-refractivity contribution in [3.05, 3.63) is 17.7 Å². The van der Waals surface area contributed by atoms with Crippen molar-refractivity contribution in [2.24, 2.45) is 0 Å². The van der Waals surface area contributed by atoms with Crippen LogP contribution in [0.2, 0.25) is 0 Å². The van der Waals surface area contributed by atoms with Gasteiger partial charge in [0.2, 0.25) is 0 Å². The van der Waals surface area contributed by atoms with Crippen molar-refractivity contribution in [1.82, 2.24) is 0 Å². The largest absolute Gasteiger partial charge is 0.493 e. The molecule has 94 valence electrons. The molecule has 0 spiro atoms. The Bertz CT molecular complexity index is 405. The van der Waals surface area contributed by atoms with Crippen LogP contribution in [-0.2, 0) is 4.74 Å². The number of carboxylic acid groups (broad SMARTS) is 1. The Labute approximate surface area is 98.9 Å². The van der Waals surface area contributed by atoms with Crippen LogP contribution in [0.5, 0.6) is 11.5 Å². The molecule has 6 nitrogen and oxygen atoms in total. The standard InChI is InChI=1S/C11H15NO5/c1-15-3-4-17-10-6-8(12)7(11(13)14)5-9(10)16-2/h5-6H,3-4,12H2,1-2H3,(H,13,14).